The Bertz CT molecular complexity index is 462. The molecule has 0 aliphatic carbocycles. The van der Waals surface area contributed by atoms with Gasteiger partial charge in [-0.3, -0.25) is 9.69 Å². The number of hydrogen-bond donors (Lipinski definition) is 1. The van der Waals surface area contributed by atoms with Crippen molar-refractivity contribution in [2.45, 2.75) is 32.3 Å². The monoisotopic (exact) mass is 291 g/mol. The fourth-order valence-corrected chi connectivity index (χ4v) is 1.91. The number of carbonyl (C=O) groups is 1. The highest BCUT2D eigenvalue weighted by Crippen LogP contribution is 2.27. The predicted molar refractivity (Wildman–Crippen MR) is 66.3 cm³/mol. The molecule has 7 heteroatoms. The van der Waals surface area contributed by atoms with Gasteiger partial charge in [0.05, 0.1) is 0 Å². The molecular weight excluding hydrogens is 275 g/mol. The summed E-state index contributed by atoms with van der Waals surface area (Å²) >= 11 is 0. The summed E-state index contributed by atoms with van der Waals surface area (Å²) < 4.78 is 40.8. The van der Waals surface area contributed by atoms with Crippen LogP contribution in [0.1, 0.15) is 18.9 Å². The van der Waals surface area contributed by atoms with Crippen LogP contribution in [0, 0.1) is 0 Å². The molecule has 1 N–H and O–H groups in total. The van der Waals surface area contributed by atoms with Crippen molar-refractivity contribution in [1.82, 2.24) is 4.90 Å². The molecule has 0 radical (unpaired) electrons. The van der Waals surface area contributed by atoms with Crippen LogP contribution in [0.2, 0.25) is 0 Å². The van der Waals surface area contributed by atoms with E-state index in [1.165, 1.54) is 23.1 Å². The Hall–Kier alpha value is -1.76. The smallest absolute Gasteiger partial charge is 0.480 e. The molecule has 0 amide bonds. The highest BCUT2D eigenvalue weighted by atomic mass is 19.4. The van der Waals surface area contributed by atoms with Gasteiger partial charge >= 0.3 is 12.3 Å². The van der Waals surface area contributed by atoms with E-state index in [1.807, 2.05) is 0 Å². The van der Waals surface area contributed by atoms with Gasteiger partial charge in [-0.05, 0) is 19.5 Å². The lowest BCUT2D eigenvalue weighted by molar-refractivity contribution is -0.275. The van der Waals surface area contributed by atoms with Gasteiger partial charge in [-0.25, -0.2) is 0 Å². The Morgan fingerprint density at radius 1 is 1.40 bits per heavy atom. The SMILES string of the molecule is CC[C@@H](C(=O)O)N(C)Cc1ccccc1OC(F)(F)F. The molecule has 0 aliphatic heterocycles. The number of halogens is 3. The maximum absolute atomic E-state index is 12.3. The molecule has 0 unspecified atom stereocenters. The fraction of sp³-hybridized carbons (Fsp3) is 0.462. The minimum atomic E-state index is -4.77. The summed E-state index contributed by atoms with van der Waals surface area (Å²) in [7, 11) is 1.55. The molecule has 0 saturated heterocycles. The number of rotatable bonds is 6. The van der Waals surface area contributed by atoms with Crippen molar-refractivity contribution in [2.24, 2.45) is 0 Å². The van der Waals surface area contributed by atoms with Crippen LogP contribution >= 0.6 is 0 Å². The average molecular weight is 291 g/mol. The number of alkyl halides is 3. The Morgan fingerprint density at radius 3 is 2.50 bits per heavy atom. The molecule has 0 fully saturated rings. The third kappa shape index (κ3) is 4.73. The Kier molecular flexibility index (Phi) is 5.38. The van der Waals surface area contributed by atoms with Crippen LogP contribution in [0.5, 0.6) is 5.75 Å². The van der Waals surface area contributed by atoms with Gasteiger partial charge in [0.25, 0.3) is 0 Å². The molecule has 1 aromatic rings. The lowest BCUT2D eigenvalue weighted by atomic mass is 10.1. The summed E-state index contributed by atoms with van der Waals surface area (Å²) in [5.74, 6) is -1.32. The molecule has 0 aromatic heterocycles. The van der Waals surface area contributed by atoms with Crippen LogP contribution in [0.25, 0.3) is 0 Å². The molecule has 1 atom stereocenters. The zero-order valence-corrected chi connectivity index (χ0v) is 11.1. The molecule has 0 aliphatic rings. The summed E-state index contributed by atoms with van der Waals surface area (Å²) in [5.41, 5.74) is 0.284. The molecule has 4 nitrogen and oxygen atoms in total. The summed E-state index contributed by atoms with van der Waals surface area (Å²) in [4.78, 5) is 12.5. The number of para-hydroxylation sites is 1. The fourth-order valence-electron chi connectivity index (χ4n) is 1.91. The van der Waals surface area contributed by atoms with E-state index in [9.17, 15) is 18.0 Å². The van der Waals surface area contributed by atoms with E-state index in [0.717, 1.165) is 0 Å². The van der Waals surface area contributed by atoms with Crippen molar-refractivity contribution in [3.63, 3.8) is 0 Å². The topological polar surface area (TPSA) is 49.8 Å². The van der Waals surface area contributed by atoms with Gasteiger partial charge in [0, 0.05) is 12.1 Å². The normalized spacial score (nSPS) is 13.3. The van der Waals surface area contributed by atoms with E-state index in [1.54, 1.807) is 20.0 Å². The zero-order chi connectivity index (χ0) is 15.3. The lowest BCUT2D eigenvalue weighted by Gasteiger charge is -2.24. The van der Waals surface area contributed by atoms with Gasteiger partial charge in [-0.2, -0.15) is 0 Å². The maximum atomic E-state index is 12.3. The van der Waals surface area contributed by atoms with Crippen molar-refractivity contribution < 1.29 is 27.8 Å². The van der Waals surface area contributed by atoms with Gasteiger partial charge < -0.3 is 9.84 Å². The van der Waals surface area contributed by atoms with E-state index in [-0.39, 0.29) is 17.9 Å². The van der Waals surface area contributed by atoms with Crippen molar-refractivity contribution in [2.75, 3.05) is 7.05 Å². The first kappa shape index (κ1) is 16.3. The second kappa shape index (κ2) is 6.60. The van der Waals surface area contributed by atoms with Crippen LogP contribution in [0.15, 0.2) is 24.3 Å². The Balaban J connectivity index is 2.89. The van der Waals surface area contributed by atoms with Gasteiger partial charge in [0.1, 0.15) is 11.8 Å². The standard InChI is InChI=1S/C13H16F3NO3/c1-3-10(12(18)19)17(2)8-9-6-4-5-7-11(9)20-13(14,15)16/h4-7,10H,3,8H2,1-2H3,(H,18,19)/t10-/m0/s1. The predicted octanol–water partition coefficient (Wildman–Crippen LogP) is 2.88. The number of carboxylic acids is 1. The summed E-state index contributed by atoms with van der Waals surface area (Å²) in [6, 6.07) is 4.94. The highest BCUT2D eigenvalue weighted by molar-refractivity contribution is 5.73. The minimum absolute atomic E-state index is 0.0526. The van der Waals surface area contributed by atoms with E-state index < -0.39 is 18.4 Å². The second-order valence-electron chi connectivity index (χ2n) is 4.33. The Morgan fingerprint density at radius 2 is 2.00 bits per heavy atom. The number of likely N-dealkylation sites (N-methyl/N-ethyl adjacent to an activating group) is 1. The van der Waals surface area contributed by atoms with E-state index >= 15 is 0 Å². The van der Waals surface area contributed by atoms with Crippen LogP contribution in [0.3, 0.4) is 0 Å². The third-order valence-electron chi connectivity index (χ3n) is 2.82. The van der Waals surface area contributed by atoms with Crippen molar-refractivity contribution in [3.05, 3.63) is 29.8 Å². The van der Waals surface area contributed by atoms with Gasteiger partial charge in [0.2, 0.25) is 0 Å². The Labute approximate surface area is 114 Å². The molecular formula is C13H16F3NO3. The first-order valence-electron chi connectivity index (χ1n) is 6.01. The maximum Gasteiger partial charge on any atom is 0.573 e. The molecule has 112 valence electrons. The number of carboxylic acid groups (broad SMARTS) is 1. The first-order valence-corrected chi connectivity index (χ1v) is 6.01. The number of benzene rings is 1. The molecule has 0 spiro atoms. The summed E-state index contributed by atoms with van der Waals surface area (Å²) in [6.07, 6.45) is -4.42. The molecule has 1 rings (SSSR count). The van der Waals surface area contributed by atoms with Crippen LogP contribution in [0.4, 0.5) is 13.2 Å². The van der Waals surface area contributed by atoms with Crippen LogP contribution in [-0.2, 0) is 11.3 Å². The highest BCUT2D eigenvalue weighted by Gasteiger charge is 2.32. The molecule has 0 heterocycles. The quantitative estimate of drug-likeness (QED) is 0.875. The lowest BCUT2D eigenvalue weighted by Crippen LogP contribution is -2.37. The number of nitrogens with zero attached hydrogens (tertiary/aromatic N) is 1. The van der Waals surface area contributed by atoms with Crippen molar-refractivity contribution >= 4 is 5.97 Å². The van der Waals surface area contributed by atoms with E-state index in [0.29, 0.717) is 6.42 Å². The molecule has 1 aromatic carbocycles. The van der Waals surface area contributed by atoms with Gasteiger partial charge in [-0.1, -0.05) is 25.1 Å². The number of hydrogen-bond acceptors (Lipinski definition) is 3. The zero-order valence-electron chi connectivity index (χ0n) is 11.1. The van der Waals surface area contributed by atoms with Crippen molar-refractivity contribution in [3.8, 4) is 5.75 Å². The van der Waals surface area contributed by atoms with Crippen LogP contribution in [-0.4, -0.2) is 35.4 Å². The first-order chi connectivity index (χ1) is 9.24. The van der Waals surface area contributed by atoms with E-state index in [4.69, 9.17) is 5.11 Å². The third-order valence-corrected chi connectivity index (χ3v) is 2.82. The van der Waals surface area contributed by atoms with Gasteiger partial charge in [0.15, 0.2) is 0 Å². The van der Waals surface area contributed by atoms with Gasteiger partial charge in [-0.15, -0.1) is 13.2 Å². The second-order valence-corrected chi connectivity index (χ2v) is 4.33. The minimum Gasteiger partial charge on any atom is -0.480 e. The number of aliphatic carboxylic acids is 1. The van der Waals surface area contributed by atoms with Crippen molar-refractivity contribution in [1.29, 1.82) is 0 Å². The molecule has 0 bridgehead atoms. The molecule has 20 heavy (non-hydrogen) atoms. The number of ether oxygens (including phenoxy) is 1. The van der Waals surface area contributed by atoms with E-state index in [2.05, 4.69) is 4.74 Å². The molecule has 0 saturated carbocycles. The van der Waals surface area contributed by atoms with Crippen LogP contribution < -0.4 is 4.74 Å². The average Bonchev–Trinajstić information content (AvgIpc) is 2.30. The summed E-state index contributed by atoms with van der Waals surface area (Å²) in [5, 5.41) is 9.02. The summed E-state index contributed by atoms with van der Waals surface area (Å²) in [6.45, 7) is 1.75. The largest absolute Gasteiger partial charge is 0.573 e.